The third-order valence-electron chi connectivity index (χ3n) is 4.64. The molecule has 7 heteroatoms. The van der Waals surface area contributed by atoms with Gasteiger partial charge in [-0.05, 0) is 18.9 Å². The van der Waals surface area contributed by atoms with E-state index in [1.165, 1.54) is 0 Å². The van der Waals surface area contributed by atoms with Gasteiger partial charge >= 0.3 is 5.97 Å². The molecule has 0 bridgehead atoms. The van der Waals surface area contributed by atoms with Crippen LogP contribution in [0.5, 0.6) is 0 Å². The van der Waals surface area contributed by atoms with Gasteiger partial charge in [0.25, 0.3) is 0 Å². The maximum atomic E-state index is 12.3. The zero-order valence-corrected chi connectivity index (χ0v) is 11.8. The number of hydrogen-bond acceptors (Lipinski definition) is 4. The Morgan fingerprint density at radius 3 is 2.76 bits per heavy atom. The standard InChI is InChI=1S/C14H19N3O4/c18-12(9-17-5-1-4-15-17)16-8-11(13(19)20)14(10-16)2-6-21-7-3-14/h1,4-5,11H,2-3,6-10H2,(H,19,20). The Morgan fingerprint density at radius 1 is 1.38 bits per heavy atom. The molecule has 0 aromatic carbocycles. The average Bonchev–Trinajstić information content (AvgIpc) is 3.08. The maximum Gasteiger partial charge on any atom is 0.308 e. The van der Waals surface area contributed by atoms with Crippen molar-refractivity contribution in [3.8, 4) is 0 Å². The normalized spacial score (nSPS) is 24.4. The number of aromatic nitrogens is 2. The van der Waals surface area contributed by atoms with Crippen LogP contribution in [0, 0.1) is 11.3 Å². The second kappa shape index (κ2) is 5.48. The Kier molecular flexibility index (Phi) is 3.67. The van der Waals surface area contributed by atoms with Crippen LogP contribution in [-0.2, 0) is 20.9 Å². The van der Waals surface area contributed by atoms with Crippen LogP contribution in [0.15, 0.2) is 18.5 Å². The van der Waals surface area contributed by atoms with Crippen LogP contribution in [0.4, 0.5) is 0 Å². The molecule has 1 N–H and O–H groups in total. The fourth-order valence-corrected chi connectivity index (χ4v) is 3.42. The zero-order valence-electron chi connectivity index (χ0n) is 11.8. The van der Waals surface area contributed by atoms with E-state index in [4.69, 9.17) is 4.74 Å². The predicted molar refractivity (Wildman–Crippen MR) is 72.4 cm³/mol. The van der Waals surface area contributed by atoms with Crippen molar-refractivity contribution in [1.29, 1.82) is 0 Å². The fourth-order valence-electron chi connectivity index (χ4n) is 3.42. The molecule has 1 atom stereocenters. The summed E-state index contributed by atoms with van der Waals surface area (Å²) in [5, 5.41) is 13.5. The summed E-state index contributed by atoms with van der Waals surface area (Å²) in [6.45, 7) is 2.10. The Labute approximate surface area is 122 Å². The van der Waals surface area contributed by atoms with Gasteiger partial charge in [0, 0.05) is 44.1 Å². The van der Waals surface area contributed by atoms with E-state index in [9.17, 15) is 14.7 Å². The van der Waals surface area contributed by atoms with E-state index < -0.39 is 11.9 Å². The van der Waals surface area contributed by atoms with Gasteiger partial charge in [0.2, 0.25) is 5.91 Å². The number of carbonyl (C=O) groups excluding carboxylic acids is 1. The Hall–Kier alpha value is -1.89. The molecule has 114 valence electrons. The molecule has 1 unspecified atom stereocenters. The summed E-state index contributed by atoms with van der Waals surface area (Å²) < 4.78 is 6.92. The number of likely N-dealkylation sites (tertiary alicyclic amines) is 1. The highest BCUT2D eigenvalue weighted by atomic mass is 16.5. The monoisotopic (exact) mass is 293 g/mol. The van der Waals surface area contributed by atoms with Gasteiger partial charge in [-0.3, -0.25) is 14.3 Å². The van der Waals surface area contributed by atoms with Crippen LogP contribution in [0.2, 0.25) is 0 Å². The van der Waals surface area contributed by atoms with E-state index in [0.717, 1.165) is 0 Å². The highest BCUT2D eigenvalue weighted by molar-refractivity contribution is 5.79. The minimum absolute atomic E-state index is 0.0756. The first-order valence-corrected chi connectivity index (χ1v) is 7.16. The highest BCUT2D eigenvalue weighted by Crippen LogP contribution is 2.44. The lowest BCUT2D eigenvalue weighted by atomic mass is 9.72. The van der Waals surface area contributed by atoms with Crippen LogP contribution >= 0.6 is 0 Å². The lowest BCUT2D eigenvalue weighted by Crippen LogP contribution is -2.40. The maximum absolute atomic E-state index is 12.3. The molecule has 3 rings (SSSR count). The first kappa shape index (κ1) is 14.1. The molecule has 21 heavy (non-hydrogen) atoms. The molecule has 1 amide bonds. The van der Waals surface area contributed by atoms with Crippen LogP contribution in [0.25, 0.3) is 0 Å². The van der Waals surface area contributed by atoms with E-state index in [1.807, 2.05) is 0 Å². The summed E-state index contributed by atoms with van der Waals surface area (Å²) in [6.07, 6.45) is 4.76. The third-order valence-corrected chi connectivity index (χ3v) is 4.64. The molecule has 0 radical (unpaired) electrons. The summed E-state index contributed by atoms with van der Waals surface area (Å²) in [5.74, 6) is -1.39. The van der Waals surface area contributed by atoms with Crippen LogP contribution in [0.3, 0.4) is 0 Å². The first-order chi connectivity index (χ1) is 10.1. The van der Waals surface area contributed by atoms with Crippen molar-refractivity contribution < 1.29 is 19.4 Å². The number of carboxylic acid groups (broad SMARTS) is 1. The lowest BCUT2D eigenvalue weighted by molar-refractivity contribution is -0.146. The molecule has 0 aliphatic carbocycles. The van der Waals surface area contributed by atoms with Gasteiger partial charge in [-0.25, -0.2) is 0 Å². The largest absolute Gasteiger partial charge is 0.481 e. The van der Waals surface area contributed by atoms with E-state index in [-0.39, 0.29) is 24.4 Å². The minimum atomic E-state index is -0.814. The Balaban J connectivity index is 1.73. The molecule has 0 saturated carbocycles. The molecule has 1 spiro atoms. The lowest BCUT2D eigenvalue weighted by Gasteiger charge is -2.36. The molecule has 2 saturated heterocycles. The van der Waals surface area contributed by atoms with Gasteiger partial charge in [-0.1, -0.05) is 0 Å². The number of carboxylic acids is 1. The van der Waals surface area contributed by atoms with Crippen molar-refractivity contribution in [2.45, 2.75) is 19.4 Å². The van der Waals surface area contributed by atoms with Crippen molar-refractivity contribution >= 4 is 11.9 Å². The van der Waals surface area contributed by atoms with E-state index in [1.54, 1.807) is 28.0 Å². The number of rotatable bonds is 3. The summed E-state index contributed by atoms with van der Waals surface area (Å²) in [5.41, 5.74) is -0.330. The molecule has 1 aromatic heterocycles. The molecule has 7 nitrogen and oxygen atoms in total. The number of amides is 1. The Morgan fingerprint density at radius 2 is 2.14 bits per heavy atom. The summed E-state index contributed by atoms with van der Waals surface area (Å²) >= 11 is 0. The second-order valence-electron chi connectivity index (χ2n) is 5.84. The van der Waals surface area contributed by atoms with Gasteiger partial charge in [-0.15, -0.1) is 0 Å². The van der Waals surface area contributed by atoms with Crippen molar-refractivity contribution in [3.63, 3.8) is 0 Å². The second-order valence-corrected chi connectivity index (χ2v) is 5.84. The van der Waals surface area contributed by atoms with Gasteiger partial charge in [-0.2, -0.15) is 5.10 Å². The van der Waals surface area contributed by atoms with Crippen LogP contribution < -0.4 is 0 Å². The van der Waals surface area contributed by atoms with Crippen LogP contribution in [0.1, 0.15) is 12.8 Å². The van der Waals surface area contributed by atoms with Crippen LogP contribution in [-0.4, -0.2) is 58.0 Å². The fraction of sp³-hybridized carbons (Fsp3) is 0.643. The van der Waals surface area contributed by atoms with Crippen molar-refractivity contribution in [1.82, 2.24) is 14.7 Å². The minimum Gasteiger partial charge on any atom is -0.481 e. The predicted octanol–water partition coefficient (Wildman–Crippen LogP) is 0.223. The summed E-state index contributed by atoms with van der Waals surface area (Å²) in [4.78, 5) is 25.6. The van der Waals surface area contributed by atoms with Gasteiger partial charge in [0.15, 0.2) is 0 Å². The summed E-state index contributed by atoms with van der Waals surface area (Å²) in [6, 6.07) is 1.76. The quantitative estimate of drug-likeness (QED) is 0.862. The molecule has 1 aromatic rings. The molecule has 2 aliphatic rings. The number of aliphatic carboxylic acids is 1. The zero-order chi connectivity index (χ0) is 14.9. The topological polar surface area (TPSA) is 84.7 Å². The molecule has 3 heterocycles. The van der Waals surface area contributed by atoms with E-state index in [2.05, 4.69) is 5.10 Å². The molecular weight excluding hydrogens is 274 g/mol. The van der Waals surface area contributed by atoms with E-state index >= 15 is 0 Å². The first-order valence-electron chi connectivity index (χ1n) is 7.16. The number of carbonyl (C=O) groups is 2. The molecule has 2 aliphatic heterocycles. The summed E-state index contributed by atoms with van der Waals surface area (Å²) in [7, 11) is 0. The third kappa shape index (κ3) is 2.65. The molecule has 2 fully saturated rings. The van der Waals surface area contributed by atoms with Crippen molar-refractivity contribution in [3.05, 3.63) is 18.5 Å². The van der Waals surface area contributed by atoms with Crippen molar-refractivity contribution in [2.24, 2.45) is 11.3 Å². The molecular formula is C14H19N3O4. The van der Waals surface area contributed by atoms with Crippen molar-refractivity contribution in [2.75, 3.05) is 26.3 Å². The number of ether oxygens (including phenoxy) is 1. The SMILES string of the molecule is O=C(O)C1CN(C(=O)Cn2cccn2)CC12CCOCC2. The number of hydrogen-bond donors (Lipinski definition) is 1. The Bertz CT molecular complexity index is 522. The van der Waals surface area contributed by atoms with Gasteiger partial charge in [0.1, 0.15) is 6.54 Å². The average molecular weight is 293 g/mol. The van der Waals surface area contributed by atoms with E-state index in [0.29, 0.717) is 32.6 Å². The number of nitrogens with zero attached hydrogens (tertiary/aromatic N) is 3. The van der Waals surface area contributed by atoms with Gasteiger partial charge in [0.05, 0.1) is 5.92 Å². The van der Waals surface area contributed by atoms with Gasteiger partial charge < -0.3 is 14.7 Å². The smallest absolute Gasteiger partial charge is 0.308 e. The highest BCUT2D eigenvalue weighted by Gasteiger charge is 2.51.